The summed E-state index contributed by atoms with van der Waals surface area (Å²) in [5.74, 6) is 2.43. The molecule has 5 rings (SSSR count). The van der Waals surface area contributed by atoms with E-state index in [0.717, 1.165) is 17.0 Å². The fraction of sp³-hybridized carbons (Fsp3) is 0.136. The Morgan fingerprint density at radius 1 is 0.941 bits per heavy atom. The number of furan rings is 1. The van der Waals surface area contributed by atoms with Gasteiger partial charge in [0, 0.05) is 11.9 Å². The van der Waals surface area contributed by atoms with Crippen LogP contribution in [0, 0.1) is 6.92 Å². The molecule has 3 heterocycles. The molecule has 0 N–H and O–H groups in total. The van der Waals surface area contributed by atoms with E-state index in [4.69, 9.17) is 4.42 Å². The second-order valence-electron chi connectivity index (χ2n) is 7.43. The number of hydrogen-bond donors (Lipinski definition) is 0. The number of aryl methyl sites for hydroxylation is 1. The number of aromatic nitrogens is 7. The normalized spacial score (nSPS) is 11.7. The predicted octanol–water partition coefficient (Wildman–Crippen LogP) is 3.51. The molecular formula is C22H19N7O3S2. The lowest BCUT2D eigenvalue weighted by Gasteiger charge is -2.10. The van der Waals surface area contributed by atoms with Crippen LogP contribution in [-0.2, 0) is 15.6 Å². The number of tetrazole rings is 1. The zero-order valence-electron chi connectivity index (χ0n) is 18.2. The Balaban J connectivity index is 1.46. The van der Waals surface area contributed by atoms with Crippen LogP contribution < -0.4 is 0 Å². The fourth-order valence-corrected chi connectivity index (χ4v) is 4.91. The van der Waals surface area contributed by atoms with Crippen LogP contribution in [-0.4, -0.2) is 49.6 Å². The number of thioether (sulfide) groups is 1. The molecule has 2 aromatic carbocycles. The summed E-state index contributed by atoms with van der Waals surface area (Å²) >= 11 is 1.44. The van der Waals surface area contributed by atoms with Gasteiger partial charge in [0.15, 0.2) is 26.6 Å². The van der Waals surface area contributed by atoms with Crippen LogP contribution in [0.2, 0.25) is 0 Å². The van der Waals surface area contributed by atoms with Crippen molar-refractivity contribution in [1.82, 2.24) is 35.0 Å². The molecule has 0 fully saturated rings. The molecule has 3 aromatic heterocycles. The summed E-state index contributed by atoms with van der Waals surface area (Å²) in [5.41, 5.74) is 2.44. The molecule has 10 nitrogen and oxygen atoms in total. The van der Waals surface area contributed by atoms with Gasteiger partial charge in [0.25, 0.3) is 0 Å². The van der Waals surface area contributed by atoms with Crippen LogP contribution in [0.5, 0.6) is 0 Å². The van der Waals surface area contributed by atoms with Crippen molar-refractivity contribution in [2.24, 2.45) is 0 Å². The van der Waals surface area contributed by atoms with Gasteiger partial charge in [0.1, 0.15) is 5.76 Å². The number of hydrogen-bond acceptors (Lipinski definition) is 9. The monoisotopic (exact) mass is 493 g/mol. The van der Waals surface area contributed by atoms with E-state index in [1.165, 1.54) is 30.2 Å². The van der Waals surface area contributed by atoms with Gasteiger partial charge in [-0.2, -0.15) is 4.68 Å². The Kier molecular flexibility index (Phi) is 5.75. The highest BCUT2D eigenvalue weighted by Crippen LogP contribution is 2.31. The number of benzene rings is 2. The molecule has 0 aliphatic carbocycles. The summed E-state index contributed by atoms with van der Waals surface area (Å²) in [6.07, 6.45) is 2.80. The molecule has 0 spiro atoms. The molecular weight excluding hydrogens is 474 g/mol. The first-order valence-corrected chi connectivity index (χ1v) is 13.1. The van der Waals surface area contributed by atoms with Gasteiger partial charge in [-0.3, -0.25) is 4.57 Å². The van der Waals surface area contributed by atoms with E-state index >= 15 is 0 Å². The van der Waals surface area contributed by atoms with Crippen LogP contribution >= 0.6 is 11.8 Å². The smallest absolute Gasteiger partial charge is 0.196 e. The second kappa shape index (κ2) is 8.88. The van der Waals surface area contributed by atoms with Crippen LogP contribution in [0.4, 0.5) is 0 Å². The molecule has 34 heavy (non-hydrogen) atoms. The zero-order valence-corrected chi connectivity index (χ0v) is 19.9. The number of rotatable bonds is 7. The lowest BCUT2D eigenvalue weighted by molar-refractivity contribution is 0.535. The molecule has 12 heteroatoms. The Morgan fingerprint density at radius 3 is 2.38 bits per heavy atom. The fourth-order valence-electron chi connectivity index (χ4n) is 3.42. The van der Waals surface area contributed by atoms with E-state index in [0.29, 0.717) is 28.2 Å². The first-order valence-electron chi connectivity index (χ1n) is 10.2. The summed E-state index contributed by atoms with van der Waals surface area (Å²) in [6, 6.07) is 18.1. The maximum atomic E-state index is 11.7. The Hall–Kier alpha value is -3.77. The maximum absolute atomic E-state index is 11.7. The summed E-state index contributed by atoms with van der Waals surface area (Å²) in [4.78, 5) is 0.235. The van der Waals surface area contributed by atoms with Crippen molar-refractivity contribution in [3.8, 4) is 22.8 Å². The average molecular weight is 494 g/mol. The molecule has 0 unspecified atom stereocenters. The van der Waals surface area contributed by atoms with Gasteiger partial charge >= 0.3 is 0 Å². The molecule has 0 radical (unpaired) electrons. The average Bonchev–Trinajstić information content (AvgIpc) is 3.57. The predicted molar refractivity (Wildman–Crippen MR) is 126 cm³/mol. The third-order valence-electron chi connectivity index (χ3n) is 5.12. The minimum atomic E-state index is -3.29. The maximum Gasteiger partial charge on any atom is 0.196 e. The third-order valence-corrected chi connectivity index (χ3v) is 7.17. The van der Waals surface area contributed by atoms with Crippen molar-refractivity contribution < 1.29 is 12.8 Å². The van der Waals surface area contributed by atoms with Gasteiger partial charge in [-0.05, 0) is 59.8 Å². The van der Waals surface area contributed by atoms with Crippen LogP contribution in [0.1, 0.15) is 11.6 Å². The molecule has 0 atom stereocenters. The Morgan fingerprint density at radius 2 is 1.71 bits per heavy atom. The van der Waals surface area contributed by atoms with E-state index in [9.17, 15) is 8.42 Å². The van der Waals surface area contributed by atoms with Gasteiger partial charge in [0.05, 0.1) is 28.2 Å². The van der Waals surface area contributed by atoms with Crippen LogP contribution in [0.15, 0.2) is 81.4 Å². The minimum absolute atomic E-state index is 0.235. The highest BCUT2D eigenvalue weighted by molar-refractivity contribution is 7.98. The minimum Gasteiger partial charge on any atom is -0.469 e. The van der Waals surface area contributed by atoms with Gasteiger partial charge in [-0.1, -0.05) is 30.0 Å². The summed E-state index contributed by atoms with van der Waals surface area (Å²) in [6.45, 7) is 1.88. The molecule has 0 aliphatic heterocycles. The number of para-hydroxylation sites is 1. The Bertz CT molecular complexity index is 1540. The lowest BCUT2D eigenvalue weighted by Crippen LogP contribution is -2.04. The molecule has 0 amide bonds. The summed E-state index contributed by atoms with van der Waals surface area (Å²) < 4.78 is 32.5. The van der Waals surface area contributed by atoms with E-state index in [1.807, 2.05) is 47.9 Å². The molecule has 172 valence electrons. The largest absolute Gasteiger partial charge is 0.469 e. The molecule has 0 saturated carbocycles. The van der Waals surface area contributed by atoms with E-state index in [1.54, 1.807) is 23.1 Å². The van der Waals surface area contributed by atoms with Gasteiger partial charge in [-0.25, -0.2) is 8.42 Å². The van der Waals surface area contributed by atoms with Crippen molar-refractivity contribution in [3.63, 3.8) is 0 Å². The van der Waals surface area contributed by atoms with Gasteiger partial charge in [0.2, 0.25) is 0 Å². The van der Waals surface area contributed by atoms with Gasteiger partial charge < -0.3 is 4.42 Å². The summed E-state index contributed by atoms with van der Waals surface area (Å²) in [5, 5.41) is 21.5. The first kappa shape index (κ1) is 22.0. The van der Waals surface area contributed by atoms with Crippen molar-refractivity contribution in [2.45, 2.75) is 22.7 Å². The lowest BCUT2D eigenvalue weighted by atomic mass is 10.2. The first-order chi connectivity index (χ1) is 16.4. The SMILES string of the molecule is Cc1occc1-c1nnc(SCc2nnnn2-c2ccc(S(C)(=O)=O)cc2)n1-c1ccccc1. The molecule has 0 aliphatic rings. The van der Waals surface area contributed by atoms with E-state index < -0.39 is 9.84 Å². The van der Waals surface area contributed by atoms with Crippen LogP contribution in [0.25, 0.3) is 22.8 Å². The molecule has 0 bridgehead atoms. The van der Waals surface area contributed by atoms with Crippen molar-refractivity contribution in [2.75, 3.05) is 6.26 Å². The second-order valence-corrected chi connectivity index (χ2v) is 10.4. The number of sulfone groups is 1. The zero-order chi connectivity index (χ0) is 23.7. The number of nitrogens with zero attached hydrogens (tertiary/aromatic N) is 7. The van der Waals surface area contributed by atoms with Crippen molar-refractivity contribution >= 4 is 21.6 Å². The van der Waals surface area contributed by atoms with Crippen molar-refractivity contribution in [3.05, 3.63) is 78.5 Å². The van der Waals surface area contributed by atoms with Gasteiger partial charge in [-0.15, -0.1) is 15.3 Å². The highest BCUT2D eigenvalue weighted by atomic mass is 32.2. The quantitative estimate of drug-likeness (QED) is 0.313. The molecule has 5 aromatic rings. The van der Waals surface area contributed by atoms with Crippen LogP contribution in [0.3, 0.4) is 0 Å². The Labute approximate surface area is 199 Å². The van der Waals surface area contributed by atoms with Crippen molar-refractivity contribution in [1.29, 1.82) is 0 Å². The topological polar surface area (TPSA) is 122 Å². The van der Waals surface area contributed by atoms with E-state index in [-0.39, 0.29) is 4.90 Å². The molecule has 0 saturated heterocycles. The standard InChI is InChI=1S/C22H19N7O3S2/c1-15-19(12-13-32-15)21-24-25-22(28(21)16-6-4-3-5-7-16)33-14-20-23-26-27-29(20)17-8-10-18(11-9-17)34(2,30)31/h3-13H,14H2,1-2H3. The summed E-state index contributed by atoms with van der Waals surface area (Å²) in [7, 11) is -3.29. The van der Waals surface area contributed by atoms with E-state index in [2.05, 4.69) is 25.7 Å². The highest BCUT2D eigenvalue weighted by Gasteiger charge is 2.20. The third kappa shape index (κ3) is 4.24.